The first-order valence-electron chi connectivity index (χ1n) is 12.0. The van der Waals surface area contributed by atoms with Crippen LogP contribution in [-0.2, 0) is 12.0 Å². The van der Waals surface area contributed by atoms with E-state index >= 15 is 0 Å². The minimum Gasteiger partial charge on any atom is -0.324 e. The lowest BCUT2D eigenvalue weighted by Gasteiger charge is -2.39. The van der Waals surface area contributed by atoms with Crippen LogP contribution in [0.2, 0.25) is 5.02 Å². The molecule has 36 heavy (non-hydrogen) atoms. The molecule has 0 radical (unpaired) electrons. The number of anilines is 2. The predicted octanol–water partition coefficient (Wildman–Crippen LogP) is 4.94. The largest absolute Gasteiger partial charge is 0.324 e. The number of halogens is 1. The van der Waals surface area contributed by atoms with Gasteiger partial charge in [-0.3, -0.25) is 14.1 Å². The quantitative estimate of drug-likeness (QED) is 0.377. The molecule has 0 saturated heterocycles. The topological polar surface area (TPSA) is 80.4 Å². The Balaban J connectivity index is 1.43. The van der Waals surface area contributed by atoms with Crippen LogP contribution in [0.4, 0.5) is 11.6 Å². The smallest absolute Gasteiger partial charge is 0.270 e. The molecule has 0 spiro atoms. The van der Waals surface area contributed by atoms with E-state index in [-0.39, 0.29) is 11.0 Å². The number of rotatable bonds is 4. The van der Waals surface area contributed by atoms with Crippen molar-refractivity contribution >= 4 is 40.0 Å². The summed E-state index contributed by atoms with van der Waals surface area (Å²) < 4.78 is 3.27. The molecule has 6 rings (SSSR count). The number of nitrogens with zero attached hydrogens (tertiary/aromatic N) is 6. The molecule has 5 aromatic rings. The standard InChI is InChI=1S/C27H26ClN7O/c1-4-33-15-17-13-18(9-10-20(17)27(2,3)16-33)31-25-30-14-19-23(32-25)34-12-11-29-26(34)35(24(19)36)22-8-6-5-7-21(22)28/h5-14H,4,15-16H2,1-3H3,(H,30,31,32). The maximum absolute atomic E-state index is 13.5. The van der Waals surface area contributed by atoms with Crippen molar-refractivity contribution in [2.24, 2.45) is 0 Å². The summed E-state index contributed by atoms with van der Waals surface area (Å²) in [7, 11) is 0. The van der Waals surface area contributed by atoms with Crippen molar-refractivity contribution in [1.82, 2.24) is 28.8 Å². The zero-order chi connectivity index (χ0) is 25.0. The van der Waals surface area contributed by atoms with Gasteiger partial charge in [-0.15, -0.1) is 0 Å². The summed E-state index contributed by atoms with van der Waals surface area (Å²) in [6.07, 6.45) is 4.98. The highest BCUT2D eigenvalue weighted by Crippen LogP contribution is 2.35. The average Bonchev–Trinajstić information content (AvgIpc) is 3.34. The summed E-state index contributed by atoms with van der Waals surface area (Å²) in [5.41, 5.74) is 4.44. The molecular formula is C27H26ClN7O. The molecule has 2 aromatic carbocycles. The fourth-order valence-corrected chi connectivity index (χ4v) is 5.43. The molecule has 1 N–H and O–H groups in total. The van der Waals surface area contributed by atoms with E-state index in [0.717, 1.165) is 25.3 Å². The zero-order valence-corrected chi connectivity index (χ0v) is 21.1. The average molecular weight is 500 g/mol. The van der Waals surface area contributed by atoms with Crippen molar-refractivity contribution in [3.05, 3.63) is 87.6 Å². The van der Waals surface area contributed by atoms with Gasteiger partial charge in [-0.1, -0.05) is 50.6 Å². The summed E-state index contributed by atoms with van der Waals surface area (Å²) in [4.78, 5) is 29.5. The zero-order valence-electron chi connectivity index (χ0n) is 20.4. The van der Waals surface area contributed by atoms with Crippen LogP contribution < -0.4 is 10.9 Å². The Morgan fingerprint density at radius 1 is 1.14 bits per heavy atom. The van der Waals surface area contributed by atoms with Gasteiger partial charge in [0.25, 0.3) is 5.56 Å². The van der Waals surface area contributed by atoms with E-state index in [1.165, 1.54) is 15.7 Å². The van der Waals surface area contributed by atoms with Crippen molar-refractivity contribution in [2.75, 3.05) is 18.4 Å². The third kappa shape index (κ3) is 3.65. The maximum Gasteiger partial charge on any atom is 0.270 e. The van der Waals surface area contributed by atoms with Crippen molar-refractivity contribution in [3.63, 3.8) is 0 Å². The van der Waals surface area contributed by atoms with Crippen LogP contribution in [-0.4, -0.2) is 41.9 Å². The highest BCUT2D eigenvalue weighted by molar-refractivity contribution is 6.32. The third-order valence-corrected chi connectivity index (χ3v) is 7.22. The molecule has 0 atom stereocenters. The lowest BCUT2D eigenvalue weighted by molar-refractivity contribution is 0.204. The third-order valence-electron chi connectivity index (χ3n) is 6.90. The van der Waals surface area contributed by atoms with Gasteiger partial charge in [-0.2, -0.15) is 4.98 Å². The fraction of sp³-hybridized carbons (Fsp3) is 0.259. The minimum absolute atomic E-state index is 0.0934. The first-order chi connectivity index (χ1) is 17.4. The summed E-state index contributed by atoms with van der Waals surface area (Å²) in [6.45, 7) is 9.76. The first kappa shape index (κ1) is 22.7. The normalized spacial score (nSPS) is 15.3. The van der Waals surface area contributed by atoms with E-state index in [1.54, 1.807) is 35.1 Å². The van der Waals surface area contributed by atoms with E-state index in [2.05, 4.69) is 59.2 Å². The summed E-state index contributed by atoms with van der Waals surface area (Å²) in [5, 5.41) is 4.16. The number of fused-ring (bicyclic) bond motifs is 4. The predicted molar refractivity (Wildman–Crippen MR) is 143 cm³/mol. The molecule has 182 valence electrons. The van der Waals surface area contributed by atoms with Crippen LogP contribution in [0.1, 0.15) is 31.9 Å². The minimum atomic E-state index is -0.279. The summed E-state index contributed by atoms with van der Waals surface area (Å²) in [5.74, 6) is 0.843. The van der Waals surface area contributed by atoms with E-state index in [4.69, 9.17) is 16.6 Å². The van der Waals surface area contributed by atoms with Crippen LogP contribution >= 0.6 is 11.6 Å². The van der Waals surface area contributed by atoms with Gasteiger partial charge in [-0.25, -0.2) is 14.5 Å². The van der Waals surface area contributed by atoms with Crippen LogP contribution in [0.25, 0.3) is 22.5 Å². The van der Waals surface area contributed by atoms with E-state index in [1.807, 2.05) is 12.1 Å². The van der Waals surface area contributed by atoms with E-state index < -0.39 is 0 Å². The van der Waals surface area contributed by atoms with Crippen LogP contribution in [0.3, 0.4) is 0 Å². The molecule has 8 nitrogen and oxygen atoms in total. The lowest BCUT2D eigenvalue weighted by atomic mass is 9.78. The van der Waals surface area contributed by atoms with Crippen molar-refractivity contribution in [1.29, 1.82) is 0 Å². The Morgan fingerprint density at radius 2 is 1.97 bits per heavy atom. The van der Waals surface area contributed by atoms with Crippen molar-refractivity contribution < 1.29 is 0 Å². The van der Waals surface area contributed by atoms with Crippen LogP contribution in [0.5, 0.6) is 0 Å². The Hall–Kier alpha value is -3.75. The van der Waals surface area contributed by atoms with Crippen molar-refractivity contribution in [2.45, 2.75) is 32.7 Å². The second-order valence-corrected chi connectivity index (χ2v) is 10.2. The Kier molecular flexibility index (Phi) is 5.31. The van der Waals surface area contributed by atoms with E-state index in [9.17, 15) is 4.79 Å². The monoisotopic (exact) mass is 499 g/mol. The number of nitrogens with one attached hydrogen (secondary N) is 1. The number of imidazole rings is 1. The molecule has 4 heterocycles. The highest BCUT2D eigenvalue weighted by Gasteiger charge is 2.31. The van der Waals surface area contributed by atoms with Gasteiger partial charge in [0.05, 0.1) is 10.7 Å². The lowest BCUT2D eigenvalue weighted by Crippen LogP contribution is -2.41. The van der Waals surface area contributed by atoms with Gasteiger partial charge < -0.3 is 5.32 Å². The Bertz CT molecular complexity index is 1690. The molecule has 0 unspecified atom stereocenters. The molecule has 0 bridgehead atoms. The molecule has 1 aliphatic heterocycles. The van der Waals surface area contributed by atoms with Crippen molar-refractivity contribution in [3.8, 4) is 5.69 Å². The number of para-hydroxylation sites is 1. The second kappa shape index (κ2) is 8.43. The SMILES string of the molecule is CCN1Cc2cc(Nc3ncc4c(=O)n(-c5ccccc5Cl)c5nccn5c4n3)ccc2C(C)(C)C1. The molecule has 3 aromatic heterocycles. The number of benzene rings is 2. The molecule has 1 aliphatic rings. The highest BCUT2D eigenvalue weighted by atomic mass is 35.5. The van der Waals surface area contributed by atoms with Gasteiger partial charge in [-0.05, 0) is 41.9 Å². The van der Waals surface area contributed by atoms with Gasteiger partial charge in [0.2, 0.25) is 11.7 Å². The Labute approximate surface area is 213 Å². The molecule has 0 amide bonds. The summed E-state index contributed by atoms with van der Waals surface area (Å²) >= 11 is 6.41. The number of hydrogen-bond donors (Lipinski definition) is 1. The van der Waals surface area contributed by atoms with Gasteiger partial charge in [0.15, 0.2) is 5.65 Å². The van der Waals surface area contributed by atoms with Crippen LogP contribution in [0.15, 0.2) is 65.8 Å². The number of hydrogen-bond acceptors (Lipinski definition) is 6. The van der Waals surface area contributed by atoms with Gasteiger partial charge >= 0.3 is 0 Å². The van der Waals surface area contributed by atoms with Crippen LogP contribution in [0, 0.1) is 0 Å². The van der Waals surface area contributed by atoms with Gasteiger partial charge in [0.1, 0.15) is 5.39 Å². The second-order valence-electron chi connectivity index (χ2n) is 9.80. The molecule has 0 saturated carbocycles. The first-order valence-corrected chi connectivity index (χ1v) is 12.4. The molecule has 0 fully saturated rings. The maximum atomic E-state index is 13.5. The number of likely N-dealkylation sites (N-methyl/N-ethyl adjacent to an activating group) is 1. The number of aromatic nitrogens is 5. The van der Waals surface area contributed by atoms with Gasteiger partial charge in [0, 0.05) is 42.8 Å². The summed E-state index contributed by atoms with van der Waals surface area (Å²) in [6, 6.07) is 13.6. The molecule has 0 aliphatic carbocycles. The fourth-order valence-electron chi connectivity index (χ4n) is 5.21. The molecular weight excluding hydrogens is 474 g/mol. The molecule has 9 heteroatoms. The van der Waals surface area contributed by atoms with E-state index in [0.29, 0.717) is 33.5 Å². The Morgan fingerprint density at radius 3 is 2.78 bits per heavy atom.